The first-order valence-corrected chi connectivity index (χ1v) is 8.49. The number of hydrogen-bond donors (Lipinski definition) is 1. The molecule has 0 saturated heterocycles. The summed E-state index contributed by atoms with van der Waals surface area (Å²) in [6, 6.07) is 14.5. The molecule has 0 bridgehead atoms. The molecule has 0 saturated carbocycles. The monoisotopic (exact) mass is 386 g/mol. The van der Waals surface area contributed by atoms with Gasteiger partial charge in [-0.15, -0.1) is 13.2 Å². The van der Waals surface area contributed by atoms with Crippen LogP contribution in [0.5, 0.6) is 5.75 Å². The second-order valence-electron chi connectivity index (χ2n) is 6.15. The van der Waals surface area contributed by atoms with Crippen LogP contribution in [0.3, 0.4) is 0 Å². The van der Waals surface area contributed by atoms with Gasteiger partial charge in [-0.2, -0.15) is 0 Å². The molecule has 1 atom stereocenters. The summed E-state index contributed by atoms with van der Waals surface area (Å²) in [5.74, 6) is -0.702. The van der Waals surface area contributed by atoms with E-state index in [0.29, 0.717) is 5.56 Å². The SMILES string of the molecule is CC(NC(=O)/C=C/c1cnc2ccccc2c1)c1cccc(OC(F)(F)F)c1. The van der Waals surface area contributed by atoms with Crippen molar-refractivity contribution >= 4 is 22.9 Å². The van der Waals surface area contributed by atoms with Crippen molar-refractivity contribution in [1.82, 2.24) is 10.3 Å². The highest BCUT2D eigenvalue weighted by Crippen LogP contribution is 2.25. The number of carbonyl (C=O) groups excluding carboxylic acids is 1. The molecule has 144 valence electrons. The van der Waals surface area contributed by atoms with E-state index in [1.165, 1.54) is 24.3 Å². The molecular weight excluding hydrogens is 369 g/mol. The number of rotatable bonds is 5. The summed E-state index contributed by atoms with van der Waals surface area (Å²) < 4.78 is 40.9. The van der Waals surface area contributed by atoms with E-state index in [1.807, 2.05) is 30.3 Å². The van der Waals surface area contributed by atoms with Crippen molar-refractivity contribution in [3.05, 3.63) is 78.0 Å². The first kappa shape index (κ1) is 19.4. The van der Waals surface area contributed by atoms with E-state index in [4.69, 9.17) is 0 Å². The van der Waals surface area contributed by atoms with Crippen molar-refractivity contribution in [3.63, 3.8) is 0 Å². The molecule has 1 aromatic heterocycles. The van der Waals surface area contributed by atoms with Crippen LogP contribution >= 0.6 is 0 Å². The molecule has 1 unspecified atom stereocenters. The molecular formula is C21H17F3N2O2. The number of para-hydroxylation sites is 1. The number of hydrogen-bond acceptors (Lipinski definition) is 3. The predicted molar refractivity (Wildman–Crippen MR) is 100 cm³/mol. The van der Waals surface area contributed by atoms with Crippen molar-refractivity contribution in [2.24, 2.45) is 0 Å². The van der Waals surface area contributed by atoms with Gasteiger partial charge in [0.1, 0.15) is 5.75 Å². The minimum atomic E-state index is -4.76. The molecule has 1 heterocycles. The zero-order chi connectivity index (χ0) is 20.1. The average Bonchev–Trinajstić information content (AvgIpc) is 2.65. The van der Waals surface area contributed by atoms with Crippen LogP contribution in [-0.2, 0) is 4.79 Å². The van der Waals surface area contributed by atoms with Gasteiger partial charge in [0.25, 0.3) is 0 Å². The molecule has 7 heteroatoms. The Kier molecular flexibility index (Phi) is 5.63. The minimum absolute atomic E-state index is 0.330. The van der Waals surface area contributed by atoms with Crippen LogP contribution in [-0.4, -0.2) is 17.3 Å². The number of pyridine rings is 1. The summed E-state index contributed by atoms with van der Waals surface area (Å²) in [7, 11) is 0. The van der Waals surface area contributed by atoms with Crippen molar-refractivity contribution in [2.45, 2.75) is 19.3 Å². The lowest BCUT2D eigenvalue weighted by atomic mass is 10.1. The first-order chi connectivity index (χ1) is 13.3. The number of fused-ring (bicyclic) bond motifs is 1. The van der Waals surface area contributed by atoms with Gasteiger partial charge in [-0.1, -0.05) is 30.3 Å². The lowest BCUT2D eigenvalue weighted by Crippen LogP contribution is -2.24. The van der Waals surface area contributed by atoms with E-state index in [-0.39, 0.29) is 11.7 Å². The zero-order valence-corrected chi connectivity index (χ0v) is 14.9. The van der Waals surface area contributed by atoms with Crippen molar-refractivity contribution in [2.75, 3.05) is 0 Å². The van der Waals surface area contributed by atoms with Crippen LogP contribution in [0.15, 0.2) is 66.9 Å². The fourth-order valence-corrected chi connectivity index (χ4v) is 2.68. The lowest BCUT2D eigenvalue weighted by molar-refractivity contribution is -0.274. The van der Waals surface area contributed by atoms with Gasteiger partial charge in [-0.05, 0) is 48.4 Å². The van der Waals surface area contributed by atoms with Crippen LogP contribution in [0.4, 0.5) is 13.2 Å². The van der Waals surface area contributed by atoms with Gasteiger partial charge in [0.15, 0.2) is 0 Å². The third kappa shape index (κ3) is 5.33. The second-order valence-corrected chi connectivity index (χ2v) is 6.15. The molecule has 3 aromatic rings. The first-order valence-electron chi connectivity index (χ1n) is 8.49. The number of halogens is 3. The molecule has 4 nitrogen and oxygen atoms in total. The third-order valence-electron chi connectivity index (χ3n) is 3.99. The summed E-state index contributed by atoms with van der Waals surface area (Å²) in [4.78, 5) is 16.5. The minimum Gasteiger partial charge on any atom is -0.406 e. The Morgan fingerprint density at radius 2 is 1.93 bits per heavy atom. The highest BCUT2D eigenvalue weighted by molar-refractivity contribution is 5.92. The fraction of sp³-hybridized carbons (Fsp3) is 0.143. The Bertz CT molecular complexity index is 1020. The van der Waals surface area contributed by atoms with Crippen LogP contribution in [0.25, 0.3) is 17.0 Å². The average molecular weight is 386 g/mol. The van der Waals surface area contributed by atoms with E-state index < -0.39 is 12.4 Å². The molecule has 0 aliphatic heterocycles. The van der Waals surface area contributed by atoms with Gasteiger partial charge < -0.3 is 10.1 Å². The Balaban J connectivity index is 1.65. The third-order valence-corrected chi connectivity index (χ3v) is 3.99. The number of nitrogens with zero attached hydrogens (tertiary/aromatic N) is 1. The number of ether oxygens (including phenoxy) is 1. The number of nitrogens with one attached hydrogen (secondary N) is 1. The highest BCUT2D eigenvalue weighted by atomic mass is 19.4. The number of amides is 1. The molecule has 28 heavy (non-hydrogen) atoms. The maximum Gasteiger partial charge on any atom is 0.573 e. The number of benzene rings is 2. The standard InChI is InChI=1S/C21H17F3N2O2/c1-14(16-6-4-7-18(12-16)28-21(22,23)24)26-20(27)10-9-15-11-17-5-2-3-8-19(17)25-13-15/h2-14H,1H3,(H,26,27)/b10-9+. The Labute approximate surface area is 159 Å². The van der Waals surface area contributed by atoms with Gasteiger partial charge in [-0.3, -0.25) is 9.78 Å². The summed E-state index contributed by atoms with van der Waals surface area (Å²) in [5.41, 5.74) is 2.12. The maximum atomic E-state index is 12.3. The van der Waals surface area contributed by atoms with E-state index in [0.717, 1.165) is 16.5 Å². The van der Waals surface area contributed by atoms with Gasteiger partial charge in [0, 0.05) is 17.7 Å². The van der Waals surface area contributed by atoms with Gasteiger partial charge in [0.05, 0.1) is 11.6 Å². The van der Waals surface area contributed by atoms with Crippen LogP contribution < -0.4 is 10.1 Å². The molecule has 0 fully saturated rings. The van der Waals surface area contributed by atoms with Crippen molar-refractivity contribution in [1.29, 1.82) is 0 Å². The van der Waals surface area contributed by atoms with E-state index in [2.05, 4.69) is 15.0 Å². The molecule has 2 aromatic carbocycles. The van der Waals surface area contributed by atoms with Crippen molar-refractivity contribution in [3.8, 4) is 5.75 Å². The van der Waals surface area contributed by atoms with Crippen LogP contribution in [0.2, 0.25) is 0 Å². The Hall–Kier alpha value is -3.35. The smallest absolute Gasteiger partial charge is 0.406 e. The number of alkyl halides is 3. The predicted octanol–water partition coefficient (Wildman–Crippen LogP) is 5.02. The Morgan fingerprint density at radius 1 is 1.14 bits per heavy atom. The summed E-state index contributed by atoms with van der Waals surface area (Å²) in [6.07, 6.45) is -0.113. The second kappa shape index (κ2) is 8.12. The Morgan fingerprint density at radius 3 is 2.71 bits per heavy atom. The molecule has 1 amide bonds. The fourth-order valence-electron chi connectivity index (χ4n) is 2.68. The molecule has 0 radical (unpaired) electrons. The maximum absolute atomic E-state index is 12.3. The molecule has 0 spiro atoms. The van der Waals surface area contributed by atoms with Gasteiger partial charge in [-0.25, -0.2) is 0 Å². The normalized spacial score (nSPS) is 12.9. The zero-order valence-electron chi connectivity index (χ0n) is 14.9. The van der Waals surface area contributed by atoms with E-state index >= 15 is 0 Å². The van der Waals surface area contributed by atoms with Gasteiger partial charge in [0.2, 0.25) is 5.91 Å². The number of aromatic nitrogens is 1. The van der Waals surface area contributed by atoms with Crippen LogP contribution in [0.1, 0.15) is 24.1 Å². The van der Waals surface area contributed by atoms with E-state index in [9.17, 15) is 18.0 Å². The highest BCUT2D eigenvalue weighted by Gasteiger charge is 2.31. The summed E-state index contributed by atoms with van der Waals surface area (Å²) in [6.45, 7) is 1.68. The topological polar surface area (TPSA) is 51.2 Å². The summed E-state index contributed by atoms with van der Waals surface area (Å²) >= 11 is 0. The molecule has 0 aliphatic rings. The largest absolute Gasteiger partial charge is 0.573 e. The summed E-state index contributed by atoms with van der Waals surface area (Å²) in [5, 5.41) is 3.67. The van der Waals surface area contributed by atoms with Crippen molar-refractivity contribution < 1.29 is 22.7 Å². The quantitative estimate of drug-likeness (QED) is 0.626. The molecule has 0 aliphatic carbocycles. The molecule has 3 rings (SSSR count). The van der Waals surface area contributed by atoms with E-state index in [1.54, 1.807) is 25.3 Å². The molecule has 1 N–H and O–H groups in total. The number of carbonyl (C=O) groups is 1. The lowest BCUT2D eigenvalue weighted by Gasteiger charge is -2.15. The van der Waals surface area contributed by atoms with Crippen LogP contribution in [0, 0.1) is 0 Å². The van der Waals surface area contributed by atoms with Gasteiger partial charge >= 0.3 is 6.36 Å².